The first-order chi connectivity index (χ1) is 22.8. The number of esters is 1. The van der Waals surface area contributed by atoms with Gasteiger partial charge in [0.1, 0.15) is 24.2 Å². The van der Waals surface area contributed by atoms with Gasteiger partial charge in [-0.05, 0) is 68.8 Å². The Balaban J connectivity index is 1.48. The highest BCUT2D eigenvalue weighted by Gasteiger charge is 2.45. The maximum atomic E-state index is 14.4. The fourth-order valence-corrected chi connectivity index (χ4v) is 7.11. The fraction of sp³-hybridized carbons (Fsp3) is 0.667. The van der Waals surface area contributed by atoms with Gasteiger partial charge in [0.05, 0.1) is 6.04 Å². The summed E-state index contributed by atoms with van der Waals surface area (Å²) in [6.07, 6.45) is 7.41. The molecule has 2 aliphatic carbocycles. The minimum atomic E-state index is -1.10. The average Bonchev–Trinajstić information content (AvgIpc) is 3.51. The molecule has 6 atom stereocenters. The van der Waals surface area contributed by atoms with Crippen LogP contribution in [0.1, 0.15) is 104 Å². The predicted octanol–water partition coefficient (Wildman–Crippen LogP) is 3.53. The molecule has 3 fully saturated rings. The third-order valence-corrected chi connectivity index (χ3v) is 10.5. The van der Waals surface area contributed by atoms with E-state index in [0.717, 1.165) is 56.9 Å². The second-order valence-corrected chi connectivity index (χ2v) is 14.3. The Morgan fingerprint density at radius 1 is 0.854 bits per heavy atom. The number of hydrogen-bond acceptors (Lipinski definition) is 7. The molecule has 48 heavy (non-hydrogen) atoms. The van der Waals surface area contributed by atoms with Crippen LogP contribution in [0.2, 0.25) is 0 Å². The highest BCUT2D eigenvalue weighted by atomic mass is 16.5. The van der Waals surface area contributed by atoms with Gasteiger partial charge in [0, 0.05) is 6.54 Å². The van der Waals surface area contributed by atoms with Gasteiger partial charge < -0.3 is 31.3 Å². The van der Waals surface area contributed by atoms with Crippen molar-refractivity contribution < 1.29 is 33.5 Å². The number of benzene rings is 1. The van der Waals surface area contributed by atoms with Crippen molar-refractivity contribution in [2.45, 2.75) is 122 Å². The summed E-state index contributed by atoms with van der Waals surface area (Å²) in [6.45, 7) is 7.67. The molecule has 1 aromatic rings. The normalized spacial score (nSPS) is 22.5. The first-order valence-corrected chi connectivity index (χ1v) is 17.6. The van der Waals surface area contributed by atoms with E-state index >= 15 is 0 Å². The molecule has 1 aromatic carbocycles. The van der Waals surface area contributed by atoms with E-state index in [1.54, 1.807) is 6.92 Å². The Labute approximate surface area is 283 Å². The summed E-state index contributed by atoms with van der Waals surface area (Å²) in [4.78, 5) is 80.5. The third kappa shape index (κ3) is 9.56. The van der Waals surface area contributed by atoms with E-state index < -0.39 is 59.9 Å². The van der Waals surface area contributed by atoms with E-state index in [2.05, 4.69) is 16.0 Å². The van der Waals surface area contributed by atoms with Crippen LogP contribution in [0, 0.1) is 23.7 Å². The molecule has 2 saturated carbocycles. The number of nitrogens with zero attached hydrogens (tertiary/aromatic N) is 1. The molecule has 0 spiro atoms. The number of carbonyl (C=O) groups excluding carboxylic acids is 6. The molecule has 1 heterocycles. The first-order valence-electron chi connectivity index (χ1n) is 17.6. The van der Waals surface area contributed by atoms with Crippen LogP contribution in [-0.4, -0.2) is 71.1 Å². The molecular weight excluding hydrogens is 614 g/mol. The van der Waals surface area contributed by atoms with Crippen molar-refractivity contribution in [2.75, 3.05) is 6.54 Å². The van der Waals surface area contributed by atoms with Crippen LogP contribution >= 0.6 is 0 Å². The van der Waals surface area contributed by atoms with Crippen LogP contribution in [-0.2, 0) is 28.7 Å². The molecule has 5 N–H and O–H groups in total. The Hall–Kier alpha value is -3.96. The lowest BCUT2D eigenvalue weighted by Crippen LogP contribution is -2.59. The minimum Gasteiger partial charge on any atom is -0.456 e. The number of primary amides is 1. The zero-order valence-electron chi connectivity index (χ0n) is 28.7. The summed E-state index contributed by atoms with van der Waals surface area (Å²) in [6, 6.07) is 4.77. The summed E-state index contributed by atoms with van der Waals surface area (Å²) in [7, 11) is 0. The molecule has 5 amide bonds. The molecule has 4 rings (SSSR count). The second kappa shape index (κ2) is 16.9. The van der Waals surface area contributed by atoms with Crippen molar-refractivity contribution in [3.63, 3.8) is 0 Å². The monoisotopic (exact) mass is 667 g/mol. The number of rotatable bonds is 14. The molecule has 12 heteroatoms. The number of hydrogen-bond donors (Lipinski definition) is 4. The van der Waals surface area contributed by atoms with Crippen LogP contribution in [0.3, 0.4) is 0 Å². The number of nitrogens with two attached hydrogens (primary N) is 1. The highest BCUT2D eigenvalue weighted by Crippen LogP contribution is 2.34. The zero-order chi connectivity index (χ0) is 35.0. The maximum Gasteiger partial charge on any atom is 0.329 e. The summed E-state index contributed by atoms with van der Waals surface area (Å²) >= 11 is 0. The maximum absolute atomic E-state index is 14.4. The van der Waals surface area contributed by atoms with Crippen LogP contribution in [0.15, 0.2) is 30.3 Å². The second-order valence-electron chi connectivity index (χ2n) is 14.3. The topological polar surface area (TPSA) is 177 Å². The highest BCUT2D eigenvalue weighted by molar-refractivity contribution is 6.37. The lowest BCUT2D eigenvalue weighted by Gasteiger charge is -2.35. The van der Waals surface area contributed by atoms with Crippen LogP contribution in [0.25, 0.3) is 0 Å². The van der Waals surface area contributed by atoms with Gasteiger partial charge >= 0.3 is 12.0 Å². The van der Waals surface area contributed by atoms with Gasteiger partial charge in [0.25, 0.3) is 5.91 Å². The lowest BCUT2D eigenvalue weighted by atomic mass is 9.80. The summed E-state index contributed by atoms with van der Waals surface area (Å²) < 4.78 is 5.57. The van der Waals surface area contributed by atoms with Crippen molar-refractivity contribution in [1.29, 1.82) is 0 Å². The van der Waals surface area contributed by atoms with E-state index in [4.69, 9.17) is 10.5 Å². The van der Waals surface area contributed by atoms with Gasteiger partial charge in [-0.1, -0.05) is 82.7 Å². The molecule has 12 nitrogen and oxygen atoms in total. The van der Waals surface area contributed by atoms with Gasteiger partial charge in [-0.15, -0.1) is 0 Å². The molecule has 1 aliphatic heterocycles. The molecular formula is C36H53N5O7. The molecule has 0 aromatic heterocycles. The Kier molecular flexibility index (Phi) is 13.0. The van der Waals surface area contributed by atoms with Crippen molar-refractivity contribution >= 4 is 35.5 Å². The molecule has 3 aliphatic rings. The van der Waals surface area contributed by atoms with E-state index in [1.807, 2.05) is 44.2 Å². The number of carbonyl (C=O) groups is 6. The summed E-state index contributed by atoms with van der Waals surface area (Å²) in [5.41, 5.74) is 6.15. The number of ether oxygens (including phenoxy) is 1. The van der Waals surface area contributed by atoms with Crippen molar-refractivity contribution in [1.82, 2.24) is 20.9 Å². The van der Waals surface area contributed by atoms with Crippen molar-refractivity contribution in [2.24, 2.45) is 29.4 Å². The standard InChI is InChI=1S/C36H53N5O7/c1-21(2)27-19-29(33(44)39-28(31(42)32(37)43)18-24-12-11-13-24)41(20-27)34(45)30(26-16-9-6-10-17-26)40-36(47)38-22(3)35(46)48-23(4)25-14-7-5-8-15-25/h5,7-8,14-15,21-24,26-30H,6,9-13,16-20H2,1-4H3,(H2,37,43)(H,39,44)(H2,38,40,47)/t22?,23-,27+,28?,29-,30?/m0/s1. The van der Waals surface area contributed by atoms with Crippen LogP contribution in [0.5, 0.6) is 0 Å². The minimum absolute atomic E-state index is 0.0175. The zero-order valence-corrected chi connectivity index (χ0v) is 28.7. The third-order valence-electron chi connectivity index (χ3n) is 10.5. The SMILES string of the molecule is CC(NC(=O)NC(C(=O)N1C[C@H](C(C)C)C[C@H]1C(=O)NC(CC1CCC1)C(=O)C(N)=O)C1CCCCC1)C(=O)O[C@@H](C)c1ccccc1. The van der Waals surface area contributed by atoms with E-state index in [1.165, 1.54) is 11.8 Å². The van der Waals surface area contributed by atoms with Gasteiger partial charge in [-0.25, -0.2) is 9.59 Å². The number of nitrogens with one attached hydrogen (secondary N) is 3. The Morgan fingerprint density at radius 3 is 2.10 bits per heavy atom. The molecule has 0 radical (unpaired) electrons. The van der Waals surface area contributed by atoms with Gasteiger partial charge in [0.15, 0.2) is 0 Å². The number of ketones is 1. The van der Waals surface area contributed by atoms with Gasteiger partial charge in [0.2, 0.25) is 17.6 Å². The van der Waals surface area contributed by atoms with Gasteiger partial charge in [-0.3, -0.25) is 19.2 Å². The molecule has 1 saturated heterocycles. The number of Topliss-reactive ketones (excluding diaryl/α,β-unsaturated/α-hetero) is 1. The average molecular weight is 668 g/mol. The smallest absolute Gasteiger partial charge is 0.329 e. The Bertz CT molecular complexity index is 1310. The predicted molar refractivity (Wildman–Crippen MR) is 179 cm³/mol. The quantitative estimate of drug-likeness (QED) is 0.173. The summed E-state index contributed by atoms with van der Waals surface area (Å²) in [5, 5.41) is 8.27. The number of urea groups is 1. The van der Waals surface area contributed by atoms with Crippen LogP contribution < -0.4 is 21.7 Å². The van der Waals surface area contributed by atoms with E-state index in [9.17, 15) is 28.8 Å². The van der Waals surface area contributed by atoms with Crippen molar-refractivity contribution in [3.8, 4) is 0 Å². The number of amides is 5. The Morgan fingerprint density at radius 2 is 1.52 bits per heavy atom. The van der Waals surface area contributed by atoms with E-state index in [0.29, 0.717) is 19.4 Å². The molecule has 0 bridgehead atoms. The largest absolute Gasteiger partial charge is 0.456 e. The lowest BCUT2D eigenvalue weighted by molar-refractivity contribution is -0.150. The van der Waals surface area contributed by atoms with Gasteiger partial charge in [-0.2, -0.15) is 0 Å². The first kappa shape index (κ1) is 36.9. The van der Waals surface area contributed by atoms with E-state index in [-0.39, 0.29) is 29.6 Å². The summed E-state index contributed by atoms with van der Waals surface area (Å²) in [5.74, 6) is -3.15. The number of likely N-dealkylation sites (tertiary alicyclic amines) is 1. The molecule has 3 unspecified atom stereocenters. The van der Waals surface area contributed by atoms with Crippen LogP contribution in [0.4, 0.5) is 4.79 Å². The fourth-order valence-electron chi connectivity index (χ4n) is 7.11. The van der Waals surface area contributed by atoms with Crippen molar-refractivity contribution in [3.05, 3.63) is 35.9 Å². The molecule has 264 valence electrons.